The molecule has 0 saturated heterocycles. The molecule has 0 spiro atoms. The highest BCUT2D eigenvalue weighted by Crippen LogP contribution is 2.69. The Morgan fingerprint density at radius 2 is 1.60 bits per heavy atom. The fourth-order valence-electron chi connectivity index (χ4n) is 9.05. The Labute approximate surface area is 157 Å². The Morgan fingerprint density at radius 3 is 2.36 bits per heavy atom. The predicted octanol–water partition coefficient (Wildman–Crippen LogP) is 7.86. The van der Waals surface area contributed by atoms with Crippen molar-refractivity contribution in [1.82, 2.24) is 0 Å². The molecule has 144 valence electrons. The minimum Gasteiger partial charge on any atom is -0.0654 e. The molecule has 4 aliphatic rings. The molecular formula is C25H44. The van der Waals surface area contributed by atoms with Gasteiger partial charge in [0.1, 0.15) is 0 Å². The molecule has 4 rings (SSSR count). The Hall–Kier alpha value is 0. The van der Waals surface area contributed by atoms with Gasteiger partial charge in [-0.05, 0) is 97.7 Å². The smallest absolute Gasteiger partial charge is 0.0264 e. The molecule has 0 aromatic heterocycles. The normalized spacial score (nSPS) is 52.3. The summed E-state index contributed by atoms with van der Waals surface area (Å²) >= 11 is 0. The molecule has 0 radical (unpaired) electrons. The van der Waals surface area contributed by atoms with E-state index in [1.807, 2.05) is 0 Å². The molecule has 7 unspecified atom stereocenters. The molecule has 4 aliphatic carbocycles. The van der Waals surface area contributed by atoms with E-state index in [0.29, 0.717) is 10.8 Å². The molecule has 0 aromatic rings. The molecular weight excluding hydrogens is 300 g/mol. The first kappa shape index (κ1) is 18.4. The lowest BCUT2D eigenvalue weighted by Gasteiger charge is -2.62. The van der Waals surface area contributed by atoms with Gasteiger partial charge in [-0.2, -0.15) is 0 Å². The summed E-state index contributed by atoms with van der Waals surface area (Å²) < 4.78 is 0. The van der Waals surface area contributed by atoms with Crippen LogP contribution in [0.4, 0.5) is 0 Å². The summed E-state index contributed by atoms with van der Waals surface area (Å²) in [5, 5.41) is 0. The monoisotopic (exact) mass is 344 g/mol. The highest BCUT2D eigenvalue weighted by Gasteiger charge is 2.60. The summed E-state index contributed by atoms with van der Waals surface area (Å²) in [6.45, 7) is 10.4. The van der Waals surface area contributed by atoms with Gasteiger partial charge in [-0.3, -0.25) is 0 Å². The standard InChI is InChI=1S/C25H44/c1-5-7-10-19-12-13-22-20-17-18(6-2)21-11-8-9-15-25(21,4)23(20)14-16-24(19,22)3/h18-23H,5-17H2,1-4H3/t18-,19?,20?,21?,22?,23?,24?,25?/m0/s1. The predicted molar refractivity (Wildman–Crippen MR) is 109 cm³/mol. The van der Waals surface area contributed by atoms with Gasteiger partial charge in [-0.25, -0.2) is 0 Å². The SMILES string of the molecule is CCCCC1CCC2C3C[C@H](CC)C4CCCCC4(C)C3CCC12C. The van der Waals surface area contributed by atoms with E-state index < -0.39 is 0 Å². The fourth-order valence-corrected chi connectivity index (χ4v) is 9.05. The van der Waals surface area contributed by atoms with Gasteiger partial charge in [0.2, 0.25) is 0 Å². The number of hydrogen-bond acceptors (Lipinski definition) is 0. The van der Waals surface area contributed by atoms with Gasteiger partial charge in [0, 0.05) is 0 Å². The maximum absolute atomic E-state index is 2.75. The van der Waals surface area contributed by atoms with Crippen molar-refractivity contribution in [1.29, 1.82) is 0 Å². The second kappa shape index (κ2) is 6.87. The summed E-state index contributed by atoms with van der Waals surface area (Å²) in [6.07, 6.45) is 19.9. The van der Waals surface area contributed by atoms with Crippen molar-refractivity contribution in [3.05, 3.63) is 0 Å². The average Bonchev–Trinajstić information content (AvgIpc) is 2.95. The average molecular weight is 345 g/mol. The molecule has 0 aromatic carbocycles. The summed E-state index contributed by atoms with van der Waals surface area (Å²) in [6, 6.07) is 0. The van der Waals surface area contributed by atoms with Crippen LogP contribution in [0.3, 0.4) is 0 Å². The van der Waals surface area contributed by atoms with Gasteiger partial charge in [0.25, 0.3) is 0 Å². The van der Waals surface area contributed by atoms with Crippen LogP contribution in [0.5, 0.6) is 0 Å². The molecule has 25 heavy (non-hydrogen) atoms. The maximum Gasteiger partial charge on any atom is -0.0264 e. The van der Waals surface area contributed by atoms with Crippen molar-refractivity contribution >= 4 is 0 Å². The van der Waals surface area contributed by atoms with Crippen LogP contribution in [0.25, 0.3) is 0 Å². The largest absolute Gasteiger partial charge is 0.0654 e. The Morgan fingerprint density at radius 1 is 0.800 bits per heavy atom. The summed E-state index contributed by atoms with van der Waals surface area (Å²) in [5.41, 5.74) is 1.40. The molecule has 0 aliphatic heterocycles. The zero-order chi connectivity index (χ0) is 17.7. The Balaban J connectivity index is 1.60. The van der Waals surface area contributed by atoms with Crippen LogP contribution in [-0.4, -0.2) is 0 Å². The number of hydrogen-bond donors (Lipinski definition) is 0. The van der Waals surface area contributed by atoms with E-state index in [4.69, 9.17) is 0 Å². The first-order valence-corrected chi connectivity index (χ1v) is 12.0. The lowest BCUT2D eigenvalue weighted by atomic mass is 9.42. The van der Waals surface area contributed by atoms with Crippen molar-refractivity contribution in [2.75, 3.05) is 0 Å². The third-order valence-corrected chi connectivity index (χ3v) is 10.4. The second-order valence-corrected chi connectivity index (χ2v) is 11.1. The van der Waals surface area contributed by atoms with E-state index in [1.165, 1.54) is 38.5 Å². The first-order chi connectivity index (χ1) is 12.0. The van der Waals surface area contributed by atoms with E-state index in [-0.39, 0.29) is 0 Å². The van der Waals surface area contributed by atoms with Crippen LogP contribution in [0.2, 0.25) is 0 Å². The van der Waals surface area contributed by atoms with Gasteiger partial charge >= 0.3 is 0 Å². The van der Waals surface area contributed by atoms with E-state index in [0.717, 1.165) is 35.5 Å². The highest BCUT2D eigenvalue weighted by atomic mass is 14.7. The number of fused-ring (bicyclic) bond motifs is 5. The van der Waals surface area contributed by atoms with Crippen LogP contribution in [0, 0.1) is 46.3 Å². The third kappa shape index (κ3) is 2.75. The van der Waals surface area contributed by atoms with E-state index >= 15 is 0 Å². The zero-order valence-electron chi connectivity index (χ0n) is 17.7. The molecule has 4 saturated carbocycles. The van der Waals surface area contributed by atoms with Crippen LogP contribution < -0.4 is 0 Å². The van der Waals surface area contributed by atoms with Gasteiger partial charge in [0.15, 0.2) is 0 Å². The lowest BCUT2D eigenvalue weighted by molar-refractivity contribution is -0.135. The van der Waals surface area contributed by atoms with Crippen LogP contribution in [0.1, 0.15) is 111 Å². The molecule has 0 nitrogen and oxygen atoms in total. The fraction of sp³-hybridized carbons (Fsp3) is 1.00. The summed E-state index contributed by atoms with van der Waals surface area (Å²) in [4.78, 5) is 0. The van der Waals surface area contributed by atoms with Crippen molar-refractivity contribution in [3.63, 3.8) is 0 Å². The Kier molecular flexibility index (Phi) is 5.04. The summed E-state index contributed by atoms with van der Waals surface area (Å²) in [7, 11) is 0. The molecule has 0 bridgehead atoms. The quantitative estimate of drug-likeness (QED) is 0.487. The van der Waals surface area contributed by atoms with E-state index in [9.17, 15) is 0 Å². The second-order valence-electron chi connectivity index (χ2n) is 11.1. The third-order valence-electron chi connectivity index (χ3n) is 10.4. The molecule has 0 heteroatoms. The van der Waals surface area contributed by atoms with Crippen molar-refractivity contribution in [2.24, 2.45) is 46.3 Å². The minimum atomic E-state index is 0.699. The highest BCUT2D eigenvalue weighted by molar-refractivity contribution is 5.10. The first-order valence-electron chi connectivity index (χ1n) is 12.0. The molecule has 0 heterocycles. The van der Waals surface area contributed by atoms with Crippen LogP contribution in [-0.2, 0) is 0 Å². The van der Waals surface area contributed by atoms with Crippen molar-refractivity contribution < 1.29 is 0 Å². The van der Waals surface area contributed by atoms with Crippen LogP contribution in [0.15, 0.2) is 0 Å². The van der Waals surface area contributed by atoms with E-state index in [1.54, 1.807) is 44.9 Å². The molecule has 8 atom stereocenters. The topological polar surface area (TPSA) is 0 Å². The van der Waals surface area contributed by atoms with Crippen molar-refractivity contribution in [3.8, 4) is 0 Å². The Bertz CT molecular complexity index is 467. The molecule has 4 fully saturated rings. The zero-order valence-corrected chi connectivity index (χ0v) is 17.7. The van der Waals surface area contributed by atoms with Crippen LogP contribution >= 0.6 is 0 Å². The molecule has 0 amide bonds. The minimum absolute atomic E-state index is 0.699. The van der Waals surface area contributed by atoms with Gasteiger partial charge in [-0.15, -0.1) is 0 Å². The summed E-state index contributed by atoms with van der Waals surface area (Å²) in [5.74, 6) is 6.38. The van der Waals surface area contributed by atoms with Gasteiger partial charge < -0.3 is 0 Å². The van der Waals surface area contributed by atoms with Gasteiger partial charge in [-0.1, -0.05) is 59.8 Å². The van der Waals surface area contributed by atoms with Gasteiger partial charge in [0.05, 0.1) is 0 Å². The number of unbranched alkanes of at least 4 members (excludes halogenated alkanes) is 1. The number of rotatable bonds is 4. The maximum atomic E-state index is 2.75. The van der Waals surface area contributed by atoms with E-state index in [2.05, 4.69) is 27.7 Å². The van der Waals surface area contributed by atoms with Crippen molar-refractivity contribution in [2.45, 2.75) is 111 Å². The molecule has 0 N–H and O–H groups in total. The lowest BCUT2D eigenvalue weighted by Crippen LogP contribution is -2.55.